The fourth-order valence-corrected chi connectivity index (χ4v) is 2.18. The summed E-state index contributed by atoms with van der Waals surface area (Å²) in [5.41, 5.74) is 1.48. The molecule has 1 heterocycles. The van der Waals surface area contributed by atoms with E-state index in [4.69, 9.17) is 34.8 Å². The van der Waals surface area contributed by atoms with Crippen LogP contribution >= 0.6 is 34.8 Å². The lowest BCUT2D eigenvalue weighted by Crippen LogP contribution is -1.89. The number of nitrogens with zero attached hydrogens (tertiary/aromatic N) is 1. The van der Waals surface area contributed by atoms with Gasteiger partial charge >= 0.3 is 0 Å². The Morgan fingerprint density at radius 3 is 2.41 bits per heavy atom. The Kier molecular flexibility index (Phi) is 3.48. The monoisotopic (exact) mass is 287 g/mol. The van der Waals surface area contributed by atoms with Crippen LogP contribution in [0.3, 0.4) is 0 Å². The summed E-state index contributed by atoms with van der Waals surface area (Å²) in [6.07, 6.45) is 1.58. The van der Waals surface area contributed by atoms with Gasteiger partial charge in [0.05, 0.1) is 15.1 Å². The molecule has 17 heavy (non-hydrogen) atoms. The van der Waals surface area contributed by atoms with Crippen molar-refractivity contribution in [1.82, 2.24) is 4.98 Å². The fourth-order valence-electron chi connectivity index (χ4n) is 1.48. The van der Waals surface area contributed by atoms with Gasteiger partial charge in [-0.25, -0.2) is 0 Å². The topological polar surface area (TPSA) is 33.1 Å². The summed E-state index contributed by atoms with van der Waals surface area (Å²) in [6.45, 7) is 1.77. The number of aryl methyl sites for hydroxylation is 1. The highest BCUT2D eigenvalue weighted by atomic mass is 35.5. The first kappa shape index (κ1) is 12.5. The number of benzene rings is 1. The molecule has 1 aromatic carbocycles. The second-order valence-electron chi connectivity index (χ2n) is 3.54. The molecule has 0 saturated carbocycles. The van der Waals surface area contributed by atoms with E-state index in [1.54, 1.807) is 31.3 Å². The van der Waals surface area contributed by atoms with Crippen molar-refractivity contribution in [1.29, 1.82) is 0 Å². The van der Waals surface area contributed by atoms with Crippen LogP contribution in [-0.2, 0) is 0 Å². The van der Waals surface area contributed by atoms with Crippen LogP contribution in [0.25, 0.3) is 11.3 Å². The highest BCUT2D eigenvalue weighted by Gasteiger charge is 2.17. The van der Waals surface area contributed by atoms with Crippen LogP contribution in [0.5, 0.6) is 5.75 Å². The Hall–Kier alpha value is -0.960. The standard InChI is InChI=1S/C12H8Cl3NO/c1-6-4-5-16-11(12(6)17)9-7(13)2-3-8(14)10(9)15/h2-5,17H,1H3. The maximum atomic E-state index is 9.97. The Bertz CT molecular complexity index is 584. The minimum Gasteiger partial charge on any atom is -0.505 e. The molecule has 0 spiro atoms. The first-order valence-corrected chi connectivity index (χ1v) is 5.94. The smallest absolute Gasteiger partial charge is 0.144 e. The van der Waals surface area contributed by atoms with Crippen LogP contribution in [0.15, 0.2) is 24.4 Å². The first-order valence-electron chi connectivity index (χ1n) is 4.81. The number of aromatic nitrogens is 1. The summed E-state index contributed by atoms with van der Waals surface area (Å²) >= 11 is 18.1. The maximum absolute atomic E-state index is 9.97. The van der Waals surface area contributed by atoms with Crippen molar-refractivity contribution < 1.29 is 5.11 Å². The third kappa shape index (κ3) is 2.21. The van der Waals surface area contributed by atoms with E-state index in [9.17, 15) is 5.11 Å². The zero-order valence-corrected chi connectivity index (χ0v) is 11.1. The van der Waals surface area contributed by atoms with Crippen molar-refractivity contribution in [3.63, 3.8) is 0 Å². The zero-order valence-electron chi connectivity index (χ0n) is 8.84. The molecule has 2 nitrogen and oxygen atoms in total. The third-order valence-corrected chi connectivity index (χ3v) is 3.53. The van der Waals surface area contributed by atoms with Gasteiger partial charge in [0.25, 0.3) is 0 Å². The normalized spacial score (nSPS) is 10.6. The highest BCUT2D eigenvalue weighted by molar-refractivity contribution is 6.46. The summed E-state index contributed by atoms with van der Waals surface area (Å²) in [5, 5.41) is 11.0. The summed E-state index contributed by atoms with van der Waals surface area (Å²) in [6, 6.07) is 4.92. The minimum absolute atomic E-state index is 0.0542. The molecule has 5 heteroatoms. The van der Waals surface area contributed by atoms with Gasteiger partial charge in [0.2, 0.25) is 0 Å². The fraction of sp³-hybridized carbons (Fsp3) is 0.0833. The van der Waals surface area contributed by atoms with Gasteiger partial charge in [0, 0.05) is 11.8 Å². The average molecular weight is 289 g/mol. The number of pyridine rings is 1. The Balaban J connectivity index is 2.77. The van der Waals surface area contributed by atoms with E-state index in [0.29, 0.717) is 26.9 Å². The Morgan fingerprint density at radius 1 is 1.06 bits per heavy atom. The lowest BCUT2D eigenvalue weighted by molar-refractivity contribution is 0.471. The van der Waals surface area contributed by atoms with E-state index in [-0.39, 0.29) is 10.8 Å². The molecule has 0 amide bonds. The number of hydrogen-bond donors (Lipinski definition) is 1. The van der Waals surface area contributed by atoms with Crippen molar-refractivity contribution >= 4 is 34.8 Å². The molecule has 88 valence electrons. The molecule has 1 N–H and O–H groups in total. The molecule has 0 atom stereocenters. The lowest BCUT2D eigenvalue weighted by atomic mass is 10.1. The van der Waals surface area contributed by atoms with Crippen molar-refractivity contribution in [3.8, 4) is 17.0 Å². The van der Waals surface area contributed by atoms with Gasteiger partial charge in [0.15, 0.2) is 0 Å². The number of rotatable bonds is 1. The Labute approximate surface area is 114 Å². The molecule has 0 unspecified atom stereocenters. The molecular formula is C12H8Cl3NO. The summed E-state index contributed by atoms with van der Waals surface area (Å²) < 4.78 is 0. The van der Waals surface area contributed by atoms with Crippen LogP contribution in [0.2, 0.25) is 15.1 Å². The minimum atomic E-state index is 0.0542. The number of halogens is 3. The summed E-state index contributed by atoms with van der Waals surface area (Å²) in [4.78, 5) is 4.09. The molecular weight excluding hydrogens is 280 g/mol. The van der Waals surface area contributed by atoms with E-state index in [1.807, 2.05) is 0 Å². The third-order valence-electron chi connectivity index (χ3n) is 2.41. The highest BCUT2D eigenvalue weighted by Crippen LogP contribution is 2.41. The van der Waals surface area contributed by atoms with Crippen molar-refractivity contribution in [3.05, 3.63) is 45.0 Å². The van der Waals surface area contributed by atoms with Crippen LogP contribution in [0, 0.1) is 6.92 Å². The van der Waals surface area contributed by atoms with Gasteiger partial charge in [-0.1, -0.05) is 34.8 Å². The molecule has 2 rings (SSSR count). The van der Waals surface area contributed by atoms with Crippen molar-refractivity contribution in [2.45, 2.75) is 6.92 Å². The van der Waals surface area contributed by atoms with Gasteiger partial charge in [-0.3, -0.25) is 4.98 Å². The van der Waals surface area contributed by atoms with Crippen molar-refractivity contribution in [2.75, 3.05) is 0 Å². The summed E-state index contributed by atoms with van der Waals surface area (Å²) in [7, 11) is 0. The van der Waals surface area contributed by atoms with Crippen LogP contribution in [0.1, 0.15) is 5.56 Å². The van der Waals surface area contributed by atoms with Crippen LogP contribution < -0.4 is 0 Å². The number of aromatic hydroxyl groups is 1. The van der Waals surface area contributed by atoms with Crippen LogP contribution in [0.4, 0.5) is 0 Å². The second-order valence-corrected chi connectivity index (χ2v) is 4.74. The lowest BCUT2D eigenvalue weighted by Gasteiger charge is -2.10. The molecule has 0 aliphatic carbocycles. The van der Waals surface area contributed by atoms with Gasteiger partial charge in [-0.15, -0.1) is 0 Å². The molecule has 0 aliphatic heterocycles. The molecule has 1 aromatic heterocycles. The van der Waals surface area contributed by atoms with Gasteiger partial charge < -0.3 is 5.11 Å². The zero-order chi connectivity index (χ0) is 12.6. The predicted molar refractivity (Wildman–Crippen MR) is 71.1 cm³/mol. The van der Waals surface area contributed by atoms with E-state index < -0.39 is 0 Å². The molecule has 0 radical (unpaired) electrons. The molecule has 0 saturated heterocycles. The second kappa shape index (κ2) is 4.73. The van der Waals surface area contributed by atoms with Gasteiger partial charge in [0.1, 0.15) is 11.4 Å². The molecule has 0 aliphatic rings. The number of hydrogen-bond acceptors (Lipinski definition) is 2. The van der Waals surface area contributed by atoms with Crippen LogP contribution in [-0.4, -0.2) is 10.1 Å². The average Bonchev–Trinajstić information content (AvgIpc) is 2.30. The van der Waals surface area contributed by atoms with E-state index in [1.165, 1.54) is 0 Å². The molecule has 0 bridgehead atoms. The summed E-state index contributed by atoms with van der Waals surface area (Å²) in [5.74, 6) is 0.0542. The van der Waals surface area contributed by atoms with E-state index in [0.717, 1.165) is 0 Å². The SMILES string of the molecule is Cc1ccnc(-c2c(Cl)ccc(Cl)c2Cl)c1O. The molecule has 0 fully saturated rings. The van der Waals surface area contributed by atoms with E-state index >= 15 is 0 Å². The maximum Gasteiger partial charge on any atom is 0.144 e. The predicted octanol–water partition coefficient (Wildman–Crippen LogP) is 4.72. The van der Waals surface area contributed by atoms with Gasteiger partial charge in [-0.05, 0) is 30.7 Å². The van der Waals surface area contributed by atoms with E-state index in [2.05, 4.69) is 4.98 Å². The van der Waals surface area contributed by atoms with Crippen molar-refractivity contribution in [2.24, 2.45) is 0 Å². The first-order chi connectivity index (χ1) is 8.02. The molecule has 2 aromatic rings. The quantitative estimate of drug-likeness (QED) is 0.770. The largest absolute Gasteiger partial charge is 0.505 e. The Morgan fingerprint density at radius 2 is 1.71 bits per heavy atom. The van der Waals surface area contributed by atoms with Gasteiger partial charge in [-0.2, -0.15) is 0 Å².